The Labute approximate surface area is 247 Å². The number of esters is 2. The number of rotatable bonds is 10. The molecule has 1 N–H and O–H groups in total. The molecule has 0 bridgehead atoms. The van der Waals surface area contributed by atoms with Gasteiger partial charge in [0.05, 0.1) is 32.0 Å². The van der Waals surface area contributed by atoms with Crippen LogP contribution in [0.2, 0.25) is 5.02 Å². The maximum atomic E-state index is 13.9. The summed E-state index contributed by atoms with van der Waals surface area (Å²) in [6.45, 7) is 1.96. The SMILES string of the molecule is CCOC(=O)CCN([C@H]1CC[C@H](C2=C(C(=O)OC)C(c3ccc(F)cc3Cl)N=C(c3nccs3)N2)CC1)S(C)(=O)=O. The third-order valence-electron chi connectivity index (χ3n) is 7.15. The Bertz CT molecular complexity index is 1440. The predicted octanol–water partition coefficient (Wildman–Crippen LogP) is 4.23. The van der Waals surface area contributed by atoms with E-state index in [1.165, 1.54) is 41.0 Å². The van der Waals surface area contributed by atoms with Crippen LogP contribution in [0.1, 0.15) is 55.6 Å². The fourth-order valence-electron chi connectivity index (χ4n) is 5.33. The summed E-state index contributed by atoms with van der Waals surface area (Å²) in [5.74, 6) is -1.29. The summed E-state index contributed by atoms with van der Waals surface area (Å²) in [5, 5.41) is 5.84. The number of allylic oxidation sites excluding steroid dienone is 1. The minimum absolute atomic E-state index is 0.0339. The highest BCUT2D eigenvalue weighted by Crippen LogP contribution is 2.41. The van der Waals surface area contributed by atoms with Crippen molar-refractivity contribution in [1.29, 1.82) is 0 Å². The average molecular weight is 627 g/mol. The van der Waals surface area contributed by atoms with Crippen LogP contribution in [0.5, 0.6) is 0 Å². The van der Waals surface area contributed by atoms with Crippen molar-refractivity contribution < 1.29 is 31.9 Å². The predicted molar refractivity (Wildman–Crippen MR) is 154 cm³/mol. The number of carbonyl (C=O) groups excluding carboxylic acids is 2. The maximum Gasteiger partial charge on any atom is 0.338 e. The number of hydrogen-bond acceptors (Lipinski definition) is 10. The fraction of sp³-hybridized carbons (Fsp3) is 0.481. The van der Waals surface area contributed by atoms with Crippen molar-refractivity contribution in [2.75, 3.05) is 26.5 Å². The number of benzene rings is 1. The molecule has 1 saturated carbocycles. The Morgan fingerprint density at radius 3 is 2.56 bits per heavy atom. The van der Waals surface area contributed by atoms with Gasteiger partial charge in [-0.3, -0.25) is 9.79 Å². The molecule has 4 rings (SSSR count). The highest BCUT2D eigenvalue weighted by atomic mass is 35.5. The van der Waals surface area contributed by atoms with Crippen molar-refractivity contribution in [2.24, 2.45) is 10.9 Å². The van der Waals surface area contributed by atoms with Crippen LogP contribution in [-0.2, 0) is 29.1 Å². The lowest BCUT2D eigenvalue weighted by Gasteiger charge is -2.38. The van der Waals surface area contributed by atoms with E-state index in [0.717, 1.165) is 6.26 Å². The summed E-state index contributed by atoms with van der Waals surface area (Å²) in [5.41, 5.74) is 1.29. The molecule has 1 fully saturated rings. The van der Waals surface area contributed by atoms with Crippen LogP contribution >= 0.6 is 22.9 Å². The smallest absolute Gasteiger partial charge is 0.338 e. The molecule has 1 aliphatic carbocycles. The molecule has 222 valence electrons. The molecule has 2 aliphatic rings. The van der Waals surface area contributed by atoms with E-state index >= 15 is 0 Å². The maximum absolute atomic E-state index is 13.9. The van der Waals surface area contributed by atoms with Crippen molar-refractivity contribution >= 4 is 50.7 Å². The average Bonchev–Trinajstić information content (AvgIpc) is 3.47. The first kappa shape index (κ1) is 31.1. The standard InChI is InChI=1S/C27H32ClFN4O6S2/c1-4-39-21(34)11-13-33(41(3,36)37)18-8-5-16(6-9-18)23-22(27(35)38-2)24(19-10-7-17(29)15-20(19)28)32-25(31-23)26-30-12-14-40-26/h7,10,12,14-16,18,24H,4-6,8-9,11,13H2,1-3H3,(H,31,32)/t16-,18-,24?. The second-order valence-corrected chi connectivity index (χ2v) is 13.0. The van der Waals surface area contributed by atoms with Gasteiger partial charge in [0.15, 0.2) is 10.8 Å². The first-order valence-electron chi connectivity index (χ1n) is 13.2. The van der Waals surface area contributed by atoms with E-state index in [4.69, 9.17) is 26.1 Å². The molecular formula is C27H32ClFN4O6S2. The zero-order valence-electron chi connectivity index (χ0n) is 22.9. The van der Waals surface area contributed by atoms with Gasteiger partial charge in [-0.15, -0.1) is 11.3 Å². The van der Waals surface area contributed by atoms with Gasteiger partial charge in [-0.2, -0.15) is 4.31 Å². The van der Waals surface area contributed by atoms with Gasteiger partial charge in [-0.1, -0.05) is 17.7 Å². The number of nitrogens with zero attached hydrogens (tertiary/aromatic N) is 3. The van der Waals surface area contributed by atoms with Crippen molar-refractivity contribution in [1.82, 2.24) is 14.6 Å². The van der Waals surface area contributed by atoms with Crippen LogP contribution < -0.4 is 5.32 Å². The van der Waals surface area contributed by atoms with E-state index in [0.29, 0.717) is 47.8 Å². The van der Waals surface area contributed by atoms with Crippen molar-refractivity contribution in [3.63, 3.8) is 0 Å². The normalized spacial score (nSPS) is 21.3. The third-order valence-corrected chi connectivity index (χ3v) is 9.59. The third kappa shape index (κ3) is 7.32. The largest absolute Gasteiger partial charge is 0.466 e. The molecule has 0 spiro atoms. The zero-order valence-corrected chi connectivity index (χ0v) is 25.3. The van der Waals surface area contributed by atoms with Gasteiger partial charge in [-0.25, -0.2) is 22.6 Å². The first-order valence-corrected chi connectivity index (χ1v) is 16.3. The zero-order chi connectivity index (χ0) is 29.7. The molecule has 0 amide bonds. The molecule has 1 atom stereocenters. The minimum Gasteiger partial charge on any atom is -0.466 e. The second-order valence-electron chi connectivity index (χ2n) is 9.76. The molecule has 1 aromatic carbocycles. The topological polar surface area (TPSA) is 127 Å². The summed E-state index contributed by atoms with van der Waals surface area (Å²) in [6.07, 6.45) is 4.86. The summed E-state index contributed by atoms with van der Waals surface area (Å²) >= 11 is 7.81. The van der Waals surface area contributed by atoms with Gasteiger partial charge >= 0.3 is 11.9 Å². The Hall–Kier alpha value is -2.87. The molecule has 0 radical (unpaired) electrons. The number of halogens is 2. The lowest BCUT2D eigenvalue weighted by molar-refractivity contribution is -0.143. The van der Waals surface area contributed by atoms with Crippen molar-refractivity contribution in [3.05, 3.63) is 62.5 Å². The molecule has 1 unspecified atom stereocenters. The quantitative estimate of drug-likeness (QED) is 0.388. The molecule has 2 heterocycles. The van der Waals surface area contributed by atoms with Crippen molar-refractivity contribution in [3.8, 4) is 0 Å². The number of ether oxygens (including phenoxy) is 2. The number of aromatic nitrogens is 1. The number of aliphatic imine (C=N–C) groups is 1. The molecule has 41 heavy (non-hydrogen) atoms. The number of amidine groups is 1. The lowest BCUT2D eigenvalue weighted by Crippen LogP contribution is -2.44. The lowest BCUT2D eigenvalue weighted by atomic mass is 9.80. The molecular weight excluding hydrogens is 595 g/mol. The summed E-state index contributed by atoms with van der Waals surface area (Å²) < 4.78 is 50.7. The number of hydrogen-bond donors (Lipinski definition) is 1. The Morgan fingerprint density at radius 1 is 1.24 bits per heavy atom. The molecule has 10 nitrogen and oxygen atoms in total. The van der Waals surface area contributed by atoms with Crippen LogP contribution in [0.15, 0.2) is 46.0 Å². The number of nitrogens with one attached hydrogen (secondary N) is 1. The highest BCUT2D eigenvalue weighted by Gasteiger charge is 2.39. The van der Waals surface area contributed by atoms with Gasteiger partial charge in [-0.05, 0) is 50.7 Å². The van der Waals surface area contributed by atoms with E-state index in [2.05, 4.69) is 10.3 Å². The van der Waals surface area contributed by atoms with E-state index in [1.54, 1.807) is 18.5 Å². The van der Waals surface area contributed by atoms with Gasteiger partial charge < -0.3 is 14.8 Å². The Balaban J connectivity index is 1.66. The summed E-state index contributed by atoms with van der Waals surface area (Å²) in [4.78, 5) is 34.3. The first-order chi connectivity index (χ1) is 19.5. The molecule has 1 aromatic heterocycles. The van der Waals surface area contributed by atoms with Crippen LogP contribution in [0.3, 0.4) is 0 Å². The summed E-state index contributed by atoms with van der Waals surface area (Å²) in [7, 11) is -2.31. The number of carbonyl (C=O) groups is 2. The molecule has 1 aliphatic heterocycles. The van der Waals surface area contributed by atoms with Crippen LogP contribution in [0.25, 0.3) is 0 Å². The summed E-state index contributed by atoms with van der Waals surface area (Å²) in [6, 6.07) is 2.75. The van der Waals surface area contributed by atoms with Gasteiger partial charge in [0.1, 0.15) is 11.9 Å². The van der Waals surface area contributed by atoms with E-state index in [9.17, 15) is 22.4 Å². The fourth-order valence-corrected chi connectivity index (χ4v) is 7.36. The Morgan fingerprint density at radius 2 is 1.98 bits per heavy atom. The molecule has 14 heteroatoms. The number of methoxy groups -OCH3 is 1. The van der Waals surface area contributed by atoms with Crippen LogP contribution in [0, 0.1) is 11.7 Å². The second kappa shape index (κ2) is 13.4. The number of thiazole rings is 1. The van der Waals surface area contributed by atoms with E-state index < -0.39 is 33.8 Å². The molecule has 2 aromatic rings. The van der Waals surface area contributed by atoms with E-state index in [-0.39, 0.29) is 42.1 Å². The van der Waals surface area contributed by atoms with Crippen molar-refractivity contribution in [2.45, 2.75) is 51.1 Å². The van der Waals surface area contributed by atoms with E-state index in [1.807, 2.05) is 0 Å². The number of sulfonamides is 1. The van der Waals surface area contributed by atoms with Gasteiger partial charge in [0.25, 0.3) is 0 Å². The molecule has 0 saturated heterocycles. The monoisotopic (exact) mass is 626 g/mol. The minimum atomic E-state index is -3.58. The van der Waals surface area contributed by atoms with Gasteiger partial charge in [0.2, 0.25) is 10.0 Å². The van der Waals surface area contributed by atoms with Crippen LogP contribution in [-0.4, -0.2) is 68.0 Å². The van der Waals surface area contributed by atoms with Gasteiger partial charge in [0, 0.05) is 40.4 Å². The Kier molecular flexibility index (Phi) is 10.2. The van der Waals surface area contributed by atoms with Crippen LogP contribution in [0.4, 0.5) is 4.39 Å². The highest BCUT2D eigenvalue weighted by molar-refractivity contribution is 7.88.